The number of aromatic carboxylic acids is 1. The van der Waals surface area contributed by atoms with Gasteiger partial charge in [-0.25, -0.2) is 14.0 Å². The predicted molar refractivity (Wildman–Crippen MR) is 138 cm³/mol. The fraction of sp³-hybridized carbons (Fsp3) is 0.292. The highest BCUT2D eigenvalue weighted by molar-refractivity contribution is 6.47. The van der Waals surface area contributed by atoms with Gasteiger partial charge in [-0.2, -0.15) is 0 Å². The molecule has 2 aromatic rings. The van der Waals surface area contributed by atoms with Gasteiger partial charge in [-0.05, 0) is 30.2 Å². The third kappa shape index (κ3) is 5.71. The van der Waals surface area contributed by atoms with Gasteiger partial charge >= 0.3 is 30.9 Å². The summed E-state index contributed by atoms with van der Waals surface area (Å²) in [5.41, 5.74) is 5.21. The summed E-state index contributed by atoms with van der Waals surface area (Å²) in [6.45, 7) is 0.0281. The van der Waals surface area contributed by atoms with Gasteiger partial charge in [0, 0.05) is 36.8 Å². The number of piperazine rings is 1. The van der Waals surface area contributed by atoms with E-state index < -0.39 is 60.2 Å². The molecule has 0 aliphatic carbocycles. The van der Waals surface area contributed by atoms with Crippen molar-refractivity contribution in [1.82, 2.24) is 20.4 Å². The molecule has 0 aromatic heterocycles. The molecule has 2 atom stereocenters. The Labute approximate surface area is 232 Å². The number of nitrogens with two attached hydrogens (primary N) is 1. The van der Waals surface area contributed by atoms with Gasteiger partial charge in [0.15, 0.2) is 0 Å². The fourth-order valence-corrected chi connectivity index (χ4v) is 4.75. The lowest BCUT2D eigenvalue weighted by atomic mass is 9.72. The lowest BCUT2D eigenvalue weighted by Gasteiger charge is -2.34. The molecule has 40 heavy (non-hydrogen) atoms. The SMILES string of the molecule is NCCN1CCN(C(=O)N[C@@H](C(=O)N[C@H]2Cc3cccc(C(=O)O)c3OB2O)c2c(F)cccc2Cl)C(=O)C1=O. The minimum atomic E-state index is -1.80. The van der Waals surface area contributed by atoms with E-state index in [9.17, 15) is 38.5 Å². The summed E-state index contributed by atoms with van der Waals surface area (Å²) < 4.78 is 20.3. The summed E-state index contributed by atoms with van der Waals surface area (Å²) in [7, 11) is -1.70. The van der Waals surface area contributed by atoms with Gasteiger partial charge in [0.05, 0.1) is 11.5 Å². The van der Waals surface area contributed by atoms with Crippen LogP contribution in [0.25, 0.3) is 0 Å². The molecule has 5 amide bonds. The maximum absolute atomic E-state index is 14.9. The monoisotopic (exact) mass is 575 g/mol. The van der Waals surface area contributed by atoms with E-state index >= 15 is 0 Å². The number of rotatable bonds is 7. The van der Waals surface area contributed by atoms with Crippen molar-refractivity contribution in [2.24, 2.45) is 5.73 Å². The van der Waals surface area contributed by atoms with Gasteiger partial charge in [-0.1, -0.05) is 29.8 Å². The van der Waals surface area contributed by atoms with Crippen LogP contribution in [0.2, 0.25) is 5.02 Å². The largest absolute Gasteiger partial charge is 0.547 e. The number of halogens is 2. The molecule has 0 spiro atoms. The van der Waals surface area contributed by atoms with E-state index in [4.69, 9.17) is 22.0 Å². The molecule has 0 bridgehead atoms. The lowest BCUT2D eigenvalue weighted by Crippen LogP contribution is -2.60. The zero-order chi connectivity index (χ0) is 29.1. The number of nitrogens with one attached hydrogen (secondary N) is 2. The third-order valence-corrected chi connectivity index (χ3v) is 6.78. The number of fused-ring (bicyclic) bond motifs is 1. The van der Waals surface area contributed by atoms with Crippen LogP contribution in [0.1, 0.15) is 27.5 Å². The van der Waals surface area contributed by atoms with E-state index in [2.05, 4.69) is 10.6 Å². The quantitative estimate of drug-likeness (QED) is 0.218. The van der Waals surface area contributed by atoms with E-state index in [1.807, 2.05) is 0 Å². The summed E-state index contributed by atoms with van der Waals surface area (Å²) in [5, 5.41) is 24.4. The van der Waals surface area contributed by atoms with Crippen molar-refractivity contribution in [3.05, 3.63) is 63.9 Å². The molecule has 13 nitrogen and oxygen atoms in total. The van der Waals surface area contributed by atoms with Crippen molar-refractivity contribution < 1.29 is 43.1 Å². The third-order valence-electron chi connectivity index (χ3n) is 6.45. The van der Waals surface area contributed by atoms with E-state index in [1.54, 1.807) is 6.07 Å². The summed E-state index contributed by atoms with van der Waals surface area (Å²) in [4.78, 5) is 64.7. The Balaban J connectivity index is 1.58. The number of hydrogen-bond acceptors (Lipinski definition) is 8. The molecule has 6 N–H and O–H groups in total. The Morgan fingerprint density at radius 3 is 2.58 bits per heavy atom. The average Bonchev–Trinajstić information content (AvgIpc) is 2.90. The maximum atomic E-state index is 14.9. The van der Waals surface area contributed by atoms with Gasteiger partial charge < -0.3 is 36.1 Å². The Morgan fingerprint density at radius 1 is 1.18 bits per heavy atom. The van der Waals surface area contributed by atoms with Crippen LogP contribution in [-0.4, -0.2) is 88.9 Å². The van der Waals surface area contributed by atoms with Gasteiger partial charge in [0.1, 0.15) is 17.6 Å². The second-order valence-corrected chi connectivity index (χ2v) is 9.39. The van der Waals surface area contributed by atoms with Crippen molar-refractivity contribution in [2.75, 3.05) is 26.2 Å². The van der Waals surface area contributed by atoms with Crippen molar-refractivity contribution in [1.29, 1.82) is 0 Å². The summed E-state index contributed by atoms with van der Waals surface area (Å²) in [6, 6.07) is 4.94. The number of amides is 5. The number of carbonyl (C=O) groups excluding carboxylic acids is 4. The molecule has 4 rings (SSSR count). The smallest absolute Gasteiger partial charge is 0.534 e. The Morgan fingerprint density at radius 2 is 1.90 bits per heavy atom. The van der Waals surface area contributed by atoms with E-state index in [-0.39, 0.29) is 48.9 Å². The highest BCUT2D eigenvalue weighted by atomic mass is 35.5. The van der Waals surface area contributed by atoms with E-state index in [1.165, 1.54) is 29.2 Å². The van der Waals surface area contributed by atoms with Gasteiger partial charge in [0.2, 0.25) is 5.91 Å². The second-order valence-electron chi connectivity index (χ2n) is 8.98. The standard InChI is InChI=1S/C24H24BClFN5O8/c26-14-5-2-6-15(27)17(14)18(30-24(38)32-10-9-31(8-7-28)21(34)22(32)35)20(33)29-16-11-12-3-1-4-13(23(36)37)19(12)40-25(16)39/h1-6,16,18,39H,7-11,28H2,(H,29,33)(H,30,38)(H,36,37)/t16-,18+/m0/s1. The molecule has 0 saturated carbocycles. The van der Waals surface area contributed by atoms with Crippen LogP contribution < -0.4 is 21.0 Å². The molecule has 0 radical (unpaired) electrons. The number of benzene rings is 2. The lowest BCUT2D eigenvalue weighted by molar-refractivity contribution is -0.153. The number of imide groups is 1. The van der Waals surface area contributed by atoms with Crippen LogP contribution in [0.4, 0.5) is 9.18 Å². The zero-order valence-electron chi connectivity index (χ0n) is 20.8. The molecule has 16 heteroatoms. The average molecular weight is 576 g/mol. The molecule has 1 fully saturated rings. The number of nitrogens with zero attached hydrogens (tertiary/aromatic N) is 2. The summed E-state index contributed by atoms with van der Waals surface area (Å²) in [5.74, 6) is -6.56. The molecule has 2 aliphatic rings. The molecular formula is C24H24BClFN5O8. The normalized spacial score (nSPS) is 17.6. The predicted octanol–water partition coefficient (Wildman–Crippen LogP) is -0.303. The number of carboxylic acid groups (broad SMARTS) is 1. The first-order chi connectivity index (χ1) is 19.0. The van der Waals surface area contributed by atoms with Gasteiger partial charge in [0.25, 0.3) is 0 Å². The summed E-state index contributed by atoms with van der Waals surface area (Å²) in [6.07, 6.45) is -0.0644. The Bertz CT molecular complexity index is 1360. The number of carboxylic acids is 1. The molecule has 2 aliphatic heterocycles. The van der Waals surface area contributed by atoms with Crippen molar-refractivity contribution in [3.63, 3.8) is 0 Å². The highest BCUT2D eigenvalue weighted by Crippen LogP contribution is 2.31. The number of urea groups is 1. The number of hydrogen-bond donors (Lipinski definition) is 5. The van der Waals surface area contributed by atoms with Crippen molar-refractivity contribution in [2.45, 2.75) is 18.4 Å². The zero-order valence-corrected chi connectivity index (χ0v) is 21.6. The first kappa shape index (κ1) is 28.8. The number of para-hydroxylation sites is 1. The molecule has 210 valence electrons. The Kier molecular flexibility index (Phi) is 8.56. The van der Waals surface area contributed by atoms with Crippen LogP contribution in [0.15, 0.2) is 36.4 Å². The van der Waals surface area contributed by atoms with E-state index in [0.29, 0.717) is 10.5 Å². The van der Waals surface area contributed by atoms with Gasteiger partial charge in [-0.3, -0.25) is 19.3 Å². The Hall–Kier alpha value is -4.21. The molecule has 1 saturated heterocycles. The molecule has 2 heterocycles. The van der Waals surface area contributed by atoms with Crippen LogP contribution in [0.5, 0.6) is 5.75 Å². The van der Waals surface area contributed by atoms with Crippen LogP contribution in [-0.2, 0) is 20.8 Å². The molecular weight excluding hydrogens is 552 g/mol. The minimum Gasteiger partial charge on any atom is -0.534 e. The molecule has 2 aromatic carbocycles. The fourth-order valence-electron chi connectivity index (χ4n) is 4.48. The van der Waals surface area contributed by atoms with Crippen LogP contribution in [0, 0.1) is 5.82 Å². The van der Waals surface area contributed by atoms with E-state index in [0.717, 1.165) is 6.07 Å². The first-order valence-electron chi connectivity index (χ1n) is 12.1. The highest BCUT2D eigenvalue weighted by Gasteiger charge is 2.41. The second kappa shape index (κ2) is 11.9. The van der Waals surface area contributed by atoms with Crippen LogP contribution in [0.3, 0.4) is 0 Å². The first-order valence-corrected chi connectivity index (χ1v) is 12.5. The summed E-state index contributed by atoms with van der Waals surface area (Å²) >= 11 is 6.17. The van der Waals surface area contributed by atoms with Crippen LogP contribution >= 0.6 is 11.6 Å². The minimum absolute atomic E-state index is 0.00978. The molecule has 0 unspecified atom stereocenters. The van der Waals surface area contributed by atoms with Gasteiger partial charge in [-0.15, -0.1) is 0 Å². The maximum Gasteiger partial charge on any atom is 0.547 e. The topological polar surface area (TPSA) is 192 Å². The number of carbonyl (C=O) groups is 5. The van der Waals surface area contributed by atoms with Crippen molar-refractivity contribution >= 4 is 48.4 Å². The van der Waals surface area contributed by atoms with Crippen molar-refractivity contribution in [3.8, 4) is 5.75 Å².